The zero-order valence-corrected chi connectivity index (χ0v) is 10.7. The molecule has 92 valence electrons. The number of benzene rings is 2. The van der Waals surface area contributed by atoms with E-state index in [0.29, 0.717) is 5.02 Å². The molecule has 0 amide bonds. The van der Waals surface area contributed by atoms with Gasteiger partial charge in [0.15, 0.2) is 0 Å². The Balaban J connectivity index is 2.35. The Morgan fingerprint density at radius 1 is 1.00 bits per heavy atom. The smallest absolute Gasteiger partial charge is 0.0893 e. The molecular formula is C16H15ClO. The maximum Gasteiger partial charge on any atom is 0.0893 e. The van der Waals surface area contributed by atoms with E-state index in [1.807, 2.05) is 54.6 Å². The fraction of sp³-hybridized carbons (Fsp3) is 0.125. The molecule has 2 aromatic carbocycles. The minimum atomic E-state index is -0.636. The number of hydrogen-bond acceptors (Lipinski definition) is 1. The molecular weight excluding hydrogens is 244 g/mol. The van der Waals surface area contributed by atoms with Gasteiger partial charge in [-0.2, -0.15) is 0 Å². The van der Waals surface area contributed by atoms with Gasteiger partial charge < -0.3 is 5.11 Å². The summed E-state index contributed by atoms with van der Waals surface area (Å²) in [6.07, 6.45) is 1.10. The lowest BCUT2D eigenvalue weighted by Gasteiger charge is -2.21. The Kier molecular flexibility index (Phi) is 4.19. The highest BCUT2D eigenvalue weighted by Gasteiger charge is 2.21. The van der Waals surface area contributed by atoms with E-state index in [9.17, 15) is 5.11 Å². The zero-order chi connectivity index (χ0) is 13.0. The minimum absolute atomic E-state index is 0.207. The lowest BCUT2D eigenvalue weighted by atomic mass is 9.89. The Hall–Kier alpha value is -1.57. The molecule has 2 rings (SSSR count). The molecule has 18 heavy (non-hydrogen) atoms. The van der Waals surface area contributed by atoms with Gasteiger partial charge in [0.25, 0.3) is 0 Å². The quantitative estimate of drug-likeness (QED) is 0.809. The van der Waals surface area contributed by atoms with Crippen LogP contribution in [0.1, 0.15) is 23.1 Å². The molecule has 0 heterocycles. The van der Waals surface area contributed by atoms with E-state index in [1.54, 1.807) is 6.08 Å². The van der Waals surface area contributed by atoms with Crippen LogP contribution in [0.2, 0.25) is 5.02 Å². The molecule has 0 aliphatic rings. The molecule has 0 aliphatic carbocycles. The SMILES string of the molecule is C=C[C@@H](c1ccccc1Cl)[C@@H](O)c1ccccc1. The van der Waals surface area contributed by atoms with Gasteiger partial charge in [-0.05, 0) is 17.2 Å². The molecule has 1 nitrogen and oxygen atoms in total. The van der Waals surface area contributed by atoms with Crippen LogP contribution >= 0.6 is 11.6 Å². The molecule has 0 aliphatic heterocycles. The van der Waals surface area contributed by atoms with E-state index >= 15 is 0 Å². The van der Waals surface area contributed by atoms with Crippen molar-refractivity contribution in [2.45, 2.75) is 12.0 Å². The highest BCUT2D eigenvalue weighted by Crippen LogP contribution is 2.35. The number of hydrogen-bond donors (Lipinski definition) is 1. The number of aliphatic hydroxyl groups excluding tert-OH is 1. The van der Waals surface area contributed by atoms with Crippen molar-refractivity contribution in [1.82, 2.24) is 0 Å². The van der Waals surface area contributed by atoms with Crippen molar-refractivity contribution in [3.8, 4) is 0 Å². The predicted octanol–water partition coefficient (Wildman–Crippen LogP) is 4.34. The van der Waals surface area contributed by atoms with Gasteiger partial charge in [0, 0.05) is 10.9 Å². The van der Waals surface area contributed by atoms with Crippen LogP contribution in [0.15, 0.2) is 67.3 Å². The molecule has 0 spiro atoms. The molecule has 1 N–H and O–H groups in total. The molecule has 2 heteroatoms. The summed E-state index contributed by atoms with van der Waals surface area (Å²) in [6.45, 7) is 3.81. The highest BCUT2D eigenvalue weighted by atomic mass is 35.5. The summed E-state index contributed by atoms with van der Waals surface area (Å²) in [6, 6.07) is 17.1. The van der Waals surface area contributed by atoms with Crippen LogP contribution in [0.5, 0.6) is 0 Å². The van der Waals surface area contributed by atoms with E-state index in [-0.39, 0.29) is 5.92 Å². The molecule has 0 saturated heterocycles. The second-order valence-electron chi connectivity index (χ2n) is 4.14. The molecule has 0 aromatic heterocycles. The fourth-order valence-corrected chi connectivity index (χ4v) is 2.29. The lowest BCUT2D eigenvalue weighted by molar-refractivity contribution is 0.162. The maximum atomic E-state index is 10.4. The largest absolute Gasteiger partial charge is 0.387 e. The van der Waals surface area contributed by atoms with Crippen LogP contribution in [-0.2, 0) is 0 Å². The van der Waals surface area contributed by atoms with E-state index < -0.39 is 6.10 Å². The third kappa shape index (κ3) is 2.63. The van der Waals surface area contributed by atoms with Crippen molar-refractivity contribution < 1.29 is 5.11 Å². The Morgan fingerprint density at radius 2 is 1.61 bits per heavy atom. The summed E-state index contributed by atoms with van der Waals surface area (Å²) in [4.78, 5) is 0. The van der Waals surface area contributed by atoms with Gasteiger partial charge in [-0.15, -0.1) is 6.58 Å². The number of rotatable bonds is 4. The third-order valence-electron chi connectivity index (χ3n) is 3.00. The monoisotopic (exact) mass is 258 g/mol. The average molecular weight is 259 g/mol. The summed E-state index contributed by atoms with van der Waals surface area (Å²) in [5, 5.41) is 11.1. The zero-order valence-electron chi connectivity index (χ0n) is 9.96. The van der Waals surface area contributed by atoms with E-state index in [0.717, 1.165) is 11.1 Å². The molecule has 0 radical (unpaired) electrons. The first-order chi connectivity index (χ1) is 8.74. The van der Waals surface area contributed by atoms with Crippen LogP contribution in [0, 0.1) is 0 Å². The second kappa shape index (κ2) is 5.85. The van der Waals surface area contributed by atoms with E-state index in [4.69, 9.17) is 11.6 Å². The summed E-state index contributed by atoms with van der Waals surface area (Å²) in [5.41, 5.74) is 1.76. The van der Waals surface area contributed by atoms with Crippen LogP contribution in [-0.4, -0.2) is 5.11 Å². The van der Waals surface area contributed by atoms with Gasteiger partial charge in [-0.1, -0.05) is 66.2 Å². The van der Waals surface area contributed by atoms with Gasteiger partial charge in [-0.25, -0.2) is 0 Å². The highest BCUT2D eigenvalue weighted by molar-refractivity contribution is 6.31. The molecule has 2 atom stereocenters. The van der Waals surface area contributed by atoms with Gasteiger partial charge >= 0.3 is 0 Å². The van der Waals surface area contributed by atoms with Crippen LogP contribution in [0.3, 0.4) is 0 Å². The van der Waals surface area contributed by atoms with Crippen molar-refractivity contribution in [2.75, 3.05) is 0 Å². The molecule has 0 bridgehead atoms. The predicted molar refractivity (Wildman–Crippen MR) is 75.8 cm³/mol. The van der Waals surface area contributed by atoms with Crippen molar-refractivity contribution in [2.24, 2.45) is 0 Å². The molecule has 2 aromatic rings. The van der Waals surface area contributed by atoms with Gasteiger partial charge in [-0.3, -0.25) is 0 Å². The molecule has 0 unspecified atom stereocenters. The average Bonchev–Trinajstić information content (AvgIpc) is 2.42. The summed E-state index contributed by atoms with van der Waals surface area (Å²) in [7, 11) is 0. The maximum absolute atomic E-state index is 10.4. The molecule has 0 saturated carbocycles. The lowest BCUT2D eigenvalue weighted by Crippen LogP contribution is -2.09. The summed E-state index contributed by atoms with van der Waals surface area (Å²) in [5.74, 6) is -0.207. The first-order valence-corrected chi connectivity index (χ1v) is 6.22. The third-order valence-corrected chi connectivity index (χ3v) is 3.34. The van der Waals surface area contributed by atoms with Crippen molar-refractivity contribution >= 4 is 11.6 Å². The molecule has 0 fully saturated rings. The summed E-state index contributed by atoms with van der Waals surface area (Å²) < 4.78 is 0. The Labute approximate surface area is 112 Å². The first-order valence-electron chi connectivity index (χ1n) is 5.84. The van der Waals surface area contributed by atoms with Crippen molar-refractivity contribution in [3.63, 3.8) is 0 Å². The second-order valence-corrected chi connectivity index (χ2v) is 4.55. The first kappa shape index (κ1) is 12.9. The van der Waals surface area contributed by atoms with Crippen LogP contribution in [0.25, 0.3) is 0 Å². The van der Waals surface area contributed by atoms with E-state index in [2.05, 4.69) is 6.58 Å². The number of aliphatic hydroxyl groups is 1. The fourth-order valence-electron chi connectivity index (χ4n) is 2.03. The van der Waals surface area contributed by atoms with Crippen LogP contribution in [0.4, 0.5) is 0 Å². The normalized spacial score (nSPS) is 13.9. The minimum Gasteiger partial charge on any atom is -0.387 e. The Morgan fingerprint density at radius 3 is 2.22 bits per heavy atom. The van der Waals surface area contributed by atoms with E-state index in [1.165, 1.54) is 0 Å². The number of halogens is 1. The Bertz CT molecular complexity index is 522. The van der Waals surface area contributed by atoms with Crippen molar-refractivity contribution in [3.05, 3.63) is 83.4 Å². The van der Waals surface area contributed by atoms with Crippen LogP contribution < -0.4 is 0 Å². The summed E-state index contributed by atoms with van der Waals surface area (Å²) >= 11 is 6.17. The standard InChI is InChI=1S/C16H15ClO/c1-2-13(14-10-6-7-11-15(14)17)16(18)12-8-4-3-5-9-12/h2-11,13,16,18H,1H2/t13-,16-/m0/s1. The van der Waals surface area contributed by atoms with Gasteiger partial charge in [0.1, 0.15) is 0 Å². The van der Waals surface area contributed by atoms with Crippen molar-refractivity contribution in [1.29, 1.82) is 0 Å². The van der Waals surface area contributed by atoms with Gasteiger partial charge in [0.05, 0.1) is 6.10 Å². The topological polar surface area (TPSA) is 20.2 Å². The van der Waals surface area contributed by atoms with Gasteiger partial charge in [0.2, 0.25) is 0 Å².